The summed E-state index contributed by atoms with van der Waals surface area (Å²) < 4.78 is 2.42. The Morgan fingerprint density at radius 3 is 1.96 bits per heavy atom. The molecule has 0 amide bonds. The SMILES string of the molecule is CC(C)(C)c1cc(-c2ccccc2)ccc1N(c1ccc2c3ccccc3n(-c3ccccc3)c2c1)c1cccc2c1C(C)(C)c1ccccc1-2. The second-order valence-corrected chi connectivity index (χ2v) is 15.4. The number of para-hydroxylation sites is 2. The fourth-order valence-electron chi connectivity index (χ4n) is 8.51. The molecule has 1 aliphatic carbocycles. The number of nitrogens with zero attached hydrogens (tertiary/aromatic N) is 2. The van der Waals surface area contributed by atoms with Gasteiger partial charge in [0, 0.05) is 33.2 Å². The number of rotatable bonds is 5. The van der Waals surface area contributed by atoms with Crippen molar-refractivity contribution in [3.8, 4) is 27.9 Å². The normalized spacial score (nSPS) is 13.4. The van der Waals surface area contributed by atoms with E-state index in [2.05, 4.69) is 208 Å². The van der Waals surface area contributed by atoms with Crippen molar-refractivity contribution in [1.29, 1.82) is 0 Å². The van der Waals surface area contributed by atoms with Crippen LogP contribution >= 0.6 is 0 Å². The topological polar surface area (TPSA) is 8.17 Å². The molecule has 51 heavy (non-hydrogen) atoms. The Morgan fingerprint density at radius 2 is 1.18 bits per heavy atom. The fourth-order valence-corrected chi connectivity index (χ4v) is 8.51. The molecule has 0 fully saturated rings. The van der Waals surface area contributed by atoms with Crippen LogP contribution in [0.5, 0.6) is 0 Å². The minimum absolute atomic E-state index is 0.127. The van der Waals surface area contributed by atoms with Crippen LogP contribution in [-0.2, 0) is 10.8 Å². The van der Waals surface area contributed by atoms with Gasteiger partial charge in [0.05, 0.1) is 16.7 Å². The third-order valence-electron chi connectivity index (χ3n) is 10.9. The summed E-state index contributed by atoms with van der Waals surface area (Å²) in [6.07, 6.45) is 0. The van der Waals surface area contributed by atoms with E-state index in [1.54, 1.807) is 0 Å². The summed E-state index contributed by atoms with van der Waals surface area (Å²) in [6.45, 7) is 11.8. The molecule has 1 heterocycles. The molecule has 248 valence electrons. The van der Waals surface area contributed by atoms with Crippen LogP contribution in [-0.4, -0.2) is 4.57 Å². The molecule has 0 saturated carbocycles. The first kappa shape index (κ1) is 31.1. The maximum absolute atomic E-state index is 2.55. The van der Waals surface area contributed by atoms with Gasteiger partial charge in [-0.15, -0.1) is 0 Å². The molecule has 0 atom stereocenters. The van der Waals surface area contributed by atoms with E-state index >= 15 is 0 Å². The predicted molar refractivity (Wildman–Crippen MR) is 217 cm³/mol. The third-order valence-corrected chi connectivity index (χ3v) is 10.9. The Labute approximate surface area is 301 Å². The van der Waals surface area contributed by atoms with Gasteiger partial charge in [0.15, 0.2) is 0 Å². The molecule has 9 rings (SSSR count). The van der Waals surface area contributed by atoms with Crippen molar-refractivity contribution in [2.24, 2.45) is 0 Å². The first-order valence-electron chi connectivity index (χ1n) is 18.0. The minimum atomic E-state index is -0.185. The van der Waals surface area contributed by atoms with E-state index in [0.29, 0.717) is 0 Å². The number of benzene rings is 7. The average Bonchev–Trinajstić information content (AvgIpc) is 3.61. The van der Waals surface area contributed by atoms with Gasteiger partial charge in [0.2, 0.25) is 0 Å². The Kier molecular flexibility index (Phi) is 7.09. The first-order chi connectivity index (χ1) is 24.7. The molecule has 2 heteroatoms. The molecule has 0 aliphatic heterocycles. The predicted octanol–water partition coefficient (Wildman–Crippen LogP) is 13.5. The van der Waals surface area contributed by atoms with Crippen molar-refractivity contribution in [2.75, 3.05) is 4.90 Å². The molecule has 0 radical (unpaired) electrons. The first-order valence-corrected chi connectivity index (χ1v) is 18.0. The number of anilines is 3. The molecule has 0 bridgehead atoms. The summed E-state index contributed by atoms with van der Waals surface area (Å²) in [4.78, 5) is 2.55. The number of hydrogen-bond donors (Lipinski definition) is 0. The van der Waals surface area contributed by atoms with Crippen molar-refractivity contribution in [1.82, 2.24) is 4.57 Å². The highest BCUT2D eigenvalue weighted by atomic mass is 15.2. The van der Waals surface area contributed by atoms with Crippen LogP contribution in [0, 0.1) is 0 Å². The molecule has 1 aliphatic rings. The summed E-state index contributed by atoms with van der Waals surface area (Å²) in [6, 6.07) is 60.3. The quantitative estimate of drug-likeness (QED) is 0.179. The lowest BCUT2D eigenvalue weighted by Crippen LogP contribution is -2.23. The van der Waals surface area contributed by atoms with E-state index in [4.69, 9.17) is 0 Å². The van der Waals surface area contributed by atoms with Crippen LogP contribution in [0.15, 0.2) is 164 Å². The van der Waals surface area contributed by atoms with Crippen molar-refractivity contribution in [2.45, 2.75) is 45.4 Å². The van der Waals surface area contributed by atoms with Crippen LogP contribution in [0.3, 0.4) is 0 Å². The monoisotopic (exact) mass is 658 g/mol. The Morgan fingerprint density at radius 1 is 0.510 bits per heavy atom. The molecule has 2 nitrogen and oxygen atoms in total. The van der Waals surface area contributed by atoms with Crippen molar-refractivity contribution >= 4 is 38.9 Å². The molecule has 0 N–H and O–H groups in total. The van der Waals surface area contributed by atoms with Gasteiger partial charge in [0.25, 0.3) is 0 Å². The smallest absolute Gasteiger partial charge is 0.0561 e. The van der Waals surface area contributed by atoms with Crippen molar-refractivity contribution < 1.29 is 0 Å². The zero-order valence-electron chi connectivity index (χ0n) is 30.0. The van der Waals surface area contributed by atoms with Gasteiger partial charge in [-0.25, -0.2) is 0 Å². The Balaban J connectivity index is 1.36. The van der Waals surface area contributed by atoms with E-state index < -0.39 is 0 Å². The maximum atomic E-state index is 2.55. The highest BCUT2D eigenvalue weighted by molar-refractivity contribution is 6.10. The van der Waals surface area contributed by atoms with Crippen LogP contribution in [0.1, 0.15) is 51.3 Å². The highest BCUT2D eigenvalue weighted by Gasteiger charge is 2.39. The van der Waals surface area contributed by atoms with E-state index in [-0.39, 0.29) is 10.8 Å². The van der Waals surface area contributed by atoms with Crippen molar-refractivity contribution in [3.63, 3.8) is 0 Å². The molecule has 1 aromatic heterocycles. The molecule has 0 spiro atoms. The summed E-state index contributed by atoms with van der Waals surface area (Å²) in [5, 5.41) is 2.51. The number of fused-ring (bicyclic) bond motifs is 6. The van der Waals surface area contributed by atoms with Crippen LogP contribution in [0.25, 0.3) is 49.7 Å². The zero-order valence-corrected chi connectivity index (χ0v) is 30.0. The van der Waals surface area contributed by atoms with Gasteiger partial charge in [0.1, 0.15) is 0 Å². The maximum Gasteiger partial charge on any atom is 0.0561 e. The highest BCUT2D eigenvalue weighted by Crippen LogP contribution is 2.55. The summed E-state index contributed by atoms with van der Waals surface area (Å²) >= 11 is 0. The van der Waals surface area contributed by atoms with Crippen LogP contribution < -0.4 is 4.90 Å². The van der Waals surface area contributed by atoms with Gasteiger partial charge in [-0.3, -0.25) is 0 Å². The largest absolute Gasteiger partial charge is 0.310 e. The van der Waals surface area contributed by atoms with E-state index in [0.717, 1.165) is 11.4 Å². The van der Waals surface area contributed by atoms with Crippen LogP contribution in [0.4, 0.5) is 17.1 Å². The van der Waals surface area contributed by atoms with Gasteiger partial charge in [-0.05, 0) is 92.9 Å². The summed E-state index contributed by atoms with van der Waals surface area (Å²) in [5.74, 6) is 0. The fraction of sp³-hybridized carbons (Fsp3) is 0.143. The lowest BCUT2D eigenvalue weighted by Gasteiger charge is -2.36. The lowest BCUT2D eigenvalue weighted by molar-refractivity contribution is 0.591. The van der Waals surface area contributed by atoms with Gasteiger partial charge in [-0.1, -0.05) is 150 Å². The second-order valence-electron chi connectivity index (χ2n) is 15.4. The van der Waals surface area contributed by atoms with Crippen molar-refractivity contribution in [3.05, 3.63) is 180 Å². The minimum Gasteiger partial charge on any atom is -0.310 e. The average molecular weight is 659 g/mol. The molecule has 0 saturated heterocycles. The molecule has 0 unspecified atom stereocenters. The van der Waals surface area contributed by atoms with E-state index in [1.807, 2.05) is 0 Å². The summed E-state index contributed by atoms with van der Waals surface area (Å²) in [7, 11) is 0. The molecular formula is C49H42N2. The number of hydrogen-bond acceptors (Lipinski definition) is 1. The van der Waals surface area contributed by atoms with Gasteiger partial charge >= 0.3 is 0 Å². The lowest BCUT2D eigenvalue weighted by atomic mass is 9.80. The zero-order chi connectivity index (χ0) is 34.9. The molecule has 7 aromatic carbocycles. The summed E-state index contributed by atoms with van der Waals surface area (Å²) in [5.41, 5.74) is 16.0. The Bertz CT molecular complexity index is 2580. The standard InChI is InChI=1S/C49H42N2/c1-48(2,3)42-31-34(33-17-8-6-9-18-33)27-30-44(42)51(45-26-16-23-40-37-21-12-14-24-41(37)49(4,5)47(40)45)36-28-29-39-38-22-13-15-25-43(38)50(46(39)32-36)35-19-10-7-11-20-35/h6-32H,1-5H3. The Hall–Kier alpha value is -5.86. The number of aromatic nitrogens is 1. The second kappa shape index (κ2) is 11.6. The third kappa shape index (κ3) is 4.93. The van der Waals surface area contributed by atoms with Crippen LogP contribution in [0.2, 0.25) is 0 Å². The molecule has 8 aromatic rings. The van der Waals surface area contributed by atoms with E-state index in [9.17, 15) is 0 Å². The van der Waals surface area contributed by atoms with Gasteiger partial charge < -0.3 is 9.47 Å². The van der Waals surface area contributed by atoms with E-state index in [1.165, 1.54) is 72.1 Å². The molecular weight excluding hydrogens is 617 g/mol. The van der Waals surface area contributed by atoms with Gasteiger partial charge in [-0.2, -0.15) is 0 Å².